The Balaban J connectivity index is 1.10. The minimum atomic E-state index is -0.627. The maximum absolute atomic E-state index is 11.9. The second kappa shape index (κ2) is 10.7. The van der Waals surface area contributed by atoms with Crippen molar-refractivity contribution in [2.45, 2.75) is 25.9 Å². The monoisotopic (exact) mass is 558 g/mol. The highest BCUT2D eigenvalue weighted by Crippen LogP contribution is 2.24. The molecule has 14 nitrogen and oxygen atoms in total. The average molecular weight is 559 g/mol. The Morgan fingerprint density at radius 2 is 1.39 bits per heavy atom. The third-order valence-electron chi connectivity index (χ3n) is 6.79. The van der Waals surface area contributed by atoms with Crippen molar-refractivity contribution in [2.75, 3.05) is 14.2 Å². The summed E-state index contributed by atoms with van der Waals surface area (Å²) in [5.41, 5.74) is 4.75. The van der Waals surface area contributed by atoms with Gasteiger partial charge in [-0.25, -0.2) is 23.9 Å². The van der Waals surface area contributed by atoms with Gasteiger partial charge < -0.3 is 15.2 Å². The third-order valence-corrected chi connectivity index (χ3v) is 6.79. The van der Waals surface area contributed by atoms with Crippen LogP contribution in [-0.2, 0) is 34.0 Å². The molecule has 0 bridgehead atoms. The maximum Gasteiger partial charge on any atom is 0.358 e. The lowest BCUT2D eigenvalue weighted by Crippen LogP contribution is -2.07. The van der Waals surface area contributed by atoms with Gasteiger partial charge in [-0.05, 0) is 55.7 Å². The van der Waals surface area contributed by atoms with Gasteiger partial charge >= 0.3 is 5.97 Å². The number of ether oxygens (including phenoxy) is 1. The number of methoxy groups -OCH3 is 1. The Morgan fingerprint density at radius 1 is 0.805 bits per heavy atom. The van der Waals surface area contributed by atoms with Gasteiger partial charge in [-0.2, -0.15) is 9.46 Å². The van der Waals surface area contributed by atoms with Gasteiger partial charge in [0.25, 0.3) is 0 Å². The fourth-order valence-corrected chi connectivity index (χ4v) is 4.69. The van der Waals surface area contributed by atoms with Crippen molar-refractivity contribution in [2.24, 2.45) is 0 Å². The molecule has 4 aromatic heterocycles. The van der Waals surface area contributed by atoms with Crippen LogP contribution in [0.3, 0.4) is 0 Å². The molecule has 0 saturated carbocycles. The van der Waals surface area contributed by atoms with E-state index in [-0.39, 0.29) is 12.3 Å². The number of esters is 1. The van der Waals surface area contributed by atoms with Crippen molar-refractivity contribution in [3.8, 4) is 11.4 Å². The highest BCUT2D eigenvalue weighted by molar-refractivity contribution is 5.95. The molecule has 0 aliphatic heterocycles. The Bertz CT molecular complexity index is 1870. The summed E-state index contributed by atoms with van der Waals surface area (Å²) in [6.07, 6.45) is 5.83. The van der Waals surface area contributed by atoms with E-state index in [9.17, 15) is 15.2 Å². The van der Waals surface area contributed by atoms with Crippen LogP contribution in [0.4, 0.5) is 0 Å². The molecule has 0 fully saturated rings. The molecular weight excluding hydrogens is 532 g/mol. The van der Waals surface area contributed by atoms with Crippen LogP contribution in [0, 0.1) is 0 Å². The highest BCUT2D eigenvalue weighted by atomic mass is 17.2. The summed E-state index contributed by atoms with van der Waals surface area (Å²) in [5, 5.41) is 39.4. The number of rotatable bonds is 10. The summed E-state index contributed by atoms with van der Waals surface area (Å²) in [5.74, 6) is -0.627. The predicted octanol–water partition coefficient (Wildman–Crippen LogP) is 3.27. The zero-order valence-corrected chi connectivity index (χ0v) is 22.2. The second-order valence-corrected chi connectivity index (χ2v) is 9.36. The zero-order valence-electron chi connectivity index (χ0n) is 22.2. The largest absolute Gasteiger partial charge is 0.464 e. The van der Waals surface area contributed by atoms with Crippen molar-refractivity contribution >= 4 is 27.8 Å². The van der Waals surface area contributed by atoms with E-state index in [2.05, 4.69) is 25.5 Å². The quantitative estimate of drug-likeness (QED) is 0.111. The standard InChI is InChI=1S/C27H26N8O6/c1-39-27(36)26-11-18-7-9-22(13-25(18)35(26)38)33-15-20(29-31-33)5-3-4-19-14-32(30-28-19)21-8-6-17-10-23(16-41-40-2)34(37)24(17)12-21/h6-15,37-38H,3-5,16H2,1-2H3. The second-order valence-electron chi connectivity index (χ2n) is 9.36. The van der Waals surface area contributed by atoms with E-state index in [1.165, 1.54) is 14.2 Å². The molecule has 2 N–H and O–H groups in total. The predicted molar refractivity (Wildman–Crippen MR) is 143 cm³/mol. The minimum absolute atomic E-state index is 0.0431. The molecule has 0 unspecified atom stereocenters. The van der Waals surface area contributed by atoms with Gasteiger partial charge in [-0.3, -0.25) is 0 Å². The van der Waals surface area contributed by atoms with Gasteiger partial charge in [-0.1, -0.05) is 22.6 Å². The molecule has 0 atom stereocenters. The lowest BCUT2D eigenvalue weighted by molar-refractivity contribution is -0.284. The molecule has 41 heavy (non-hydrogen) atoms. The number of carbonyl (C=O) groups is 1. The molecule has 0 aliphatic rings. The van der Waals surface area contributed by atoms with Gasteiger partial charge in [-0.15, -0.1) is 10.2 Å². The number of aromatic nitrogens is 8. The summed E-state index contributed by atoms with van der Waals surface area (Å²) < 4.78 is 9.89. The number of aryl methyl sites for hydroxylation is 2. The number of fused-ring (bicyclic) bond motifs is 2. The lowest BCUT2D eigenvalue weighted by atomic mass is 10.1. The Labute approximate surface area is 232 Å². The molecule has 6 aromatic rings. The summed E-state index contributed by atoms with van der Waals surface area (Å²) in [6.45, 7) is 0.113. The van der Waals surface area contributed by atoms with Gasteiger partial charge in [0.05, 0.1) is 66.1 Å². The van der Waals surface area contributed by atoms with Gasteiger partial charge in [0.15, 0.2) is 5.69 Å². The van der Waals surface area contributed by atoms with Crippen molar-refractivity contribution in [1.82, 2.24) is 39.4 Å². The molecule has 4 heterocycles. The first-order chi connectivity index (χ1) is 19.9. The number of hydrogen-bond donors (Lipinski definition) is 2. The fraction of sp³-hybridized carbons (Fsp3) is 0.222. The van der Waals surface area contributed by atoms with Gasteiger partial charge in [0.2, 0.25) is 0 Å². The SMILES string of the molecule is COOCc1cc2ccc(-n3cc(CCCc4cn(-c5ccc6cc(C(=O)OC)n(O)c6c5)nn4)nn3)cc2n1O. The molecule has 2 aromatic carbocycles. The Hall–Kier alpha value is -5.21. The average Bonchev–Trinajstić information content (AvgIpc) is 3.78. The zero-order chi connectivity index (χ0) is 28.5. The van der Waals surface area contributed by atoms with Crippen molar-refractivity contribution in [3.05, 3.63) is 83.7 Å². The van der Waals surface area contributed by atoms with E-state index < -0.39 is 5.97 Å². The van der Waals surface area contributed by atoms with E-state index in [0.29, 0.717) is 40.6 Å². The van der Waals surface area contributed by atoms with E-state index >= 15 is 0 Å². The van der Waals surface area contributed by atoms with Gasteiger partial charge in [0.1, 0.15) is 6.61 Å². The molecule has 14 heteroatoms. The number of carbonyl (C=O) groups excluding carboxylic acids is 1. The van der Waals surface area contributed by atoms with Crippen LogP contribution in [-0.4, -0.2) is 70.1 Å². The number of hydrogen-bond acceptors (Lipinski definition) is 10. The molecule has 6 rings (SSSR count). The fourth-order valence-electron chi connectivity index (χ4n) is 4.69. The summed E-state index contributed by atoms with van der Waals surface area (Å²) in [7, 11) is 2.68. The number of nitrogens with zero attached hydrogens (tertiary/aromatic N) is 8. The van der Waals surface area contributed by atoms with Gasteiger partial charge in [0, 0.05) is 10.8 Å². The Morgan fingerprint density at radius 3 is 1.98 bits per heavy atom. The summed E-state index contributed by atoms with van der Waals surface area (Å²) in [6, 6.07) is 14.4. The topological polar surface area (TPSA) is 156 Å². The van der Waals surface area contributed by atoms with E-state index in [1.54, 1.807) is 27.6 Å². The first-order valence-corrected chi connectivity index (χ1v) is 12.7. The molecule has 0 aliphatic carbocycles. The van der Waals surface area contributed by atoms with Crippen LogP contribution in [0.25, 0.3) is 33.2 Å². The minimum Gasteiger partial charge on any atom is -0.464 e. The van der Waals surface area contributed by atoms with Crippen LogP contribution in [0.2, 0.25) is 0 Å². The van der Waals surface area contributed by atoms with Crippen LogP contribution in [0.15, 0.2) is 60.9 Å². The third kappa shape index (κ3) is 4.97. The molecular formula is C27H26N8O6. The van der Waals surface area contributed by atoms with Crippen LogP contribution < -0.4 is 0 Å². The summed E-state index contributed by atoms with van der Waals surface area (Å²) in [4.78, 5) is 21.4. The molecule has 0 radical (unpaired) electrons. The van der Waals surface area contributed by atoms with Crippen molar-refractivity contribution in [1.29, 1.82) is 0 Å². The van der Waals surface area contributed by atoms with Crippen LogP contribution in [0.5, 0.6) is 0 Å². The first kappa shape index (κ1) is 26.0. The molecule has 0 spiro atoms. The van der Waals surface area contributed by atoms with Crippen LogP contribution in [0.1, 0.15) is 34.0 Å². The van der Waals surface area contributed by atoms with Crippen molar-refractivity contribution < 1.29 is 29.7 Å². The normalized spacial score (nSPS) is 11.6. The smallest absolute Gasteiger partial charge is 0.358 e. The lowest BCUT2D eigenvalue weighted by Gasteiger charge is -2.03. The van der Waals surface area contributed by atoms with Crippen LogP contribution >= 0.6 is 0 Å². The Kier molecular flexibility index (Phi) is 6.83. The molecule has 210 valence electrons. The number of benzene rings is 2. The first-order valence-electron chi connectivity index (χ1n) is 12.7. The van der Waals surface area contributed by atoms with E-state index in [0.717, 1.165) is 38.3 Å². The van der Waals surface area contributed by atoms with E-state index in [1.807, 2.05) is 42.7 Å². The maximum atomic E-state index is 11.9. The molecule has 0 saturated heterocycles. The van der Waals surface area contributed by atoms with E-state index in [4.69, 9.17) is 9.62 Å². The highest BCUT2D eigenvalue weighted by Gasteiger charge is 2.17. The summed E-state index contributed by atoms with van der Waals surface area (Å²) >= 11 is 0. The van der Waals surface area contributed by atoms with Crippen molar-refractivity contribution in [3.63, 3.8) is 0 Å². The molecule has 0 amide bonds.